The van der Waals surface area contributed by atoms with Crippen molar-refractivity contribution in [1.82, 2.24) is 0 Å². The van der Waals surface area contributed by atoms with Crippen molar-refractivity contribution in [3.8, 4) is 5.75 Å². The highest BCUT2D eigenvalue weighted by Crippen LogP contribution is 2.37. The lowest BCUT2D eigenvalue weighted by molar-refractivity contribution is -0.137. The first-order valence-electron chi connectivity index (χ1n) is 4.70. The lowest BCUT2D eigenvalue weighted by Gasteiger charge is -2.15. The zero-order chi connectivity index (χ0) is 12.3. The van der Waals surface area contributed by atoms with Crippen LogP contribution < -0.4 is 4.74 Å². The van der Waals surface area contributed by atoms with Gasteiger partial charge in [-0.05, 0) is 18.1 Å². The molecule has 16 heavy (non-hydrogen) atoms. The van der Waals surface area contributed by atoms with Gasteiger partial charge >= 0.3 is 5.97 Å². The van der Waals surface area contributed by atoms with E-state index in [4.69, 9.17) is 33.0 Å². The maximum absolute atomic E-state index is 10.6. The maximum Gasteiger partial charge on any atom is 0.303 e. The Labute approximate surface area is 104 Å². The molecule has 0 radical (unpaired) electrons. The van der Waals surface area contributed by atoms with Gasteiger partial charge in [-0.15, -0.1) is 0 Å². The van der Waals surface area contributed by atoms with Crippen LogP contribution in [0.2, 0.25) is 10.0 Å². The van der Waals surface area contributed by atoms with E-state index in [1.165, 1.54) is 7.11 Å². The summed E-state index contributed by atoms with van der Waals surface area (Å²) < 4.78 is 5.15. The quantitative estimate of drug-likeness (QED) is 0.903. The minimum absolute atomic E-state index is 0.00698. The van der Waals surface area contributed by atoms with E-state index in [1.54, 1.807) is 19.1 Å². The molecule has 0 saturated carbocycles. The predicted molar refractivity (Wildman–Crippen MR) is 63.7 cm³/mol. The molecule has 0 amide bonds. The Balaban J connectivity index is 3.15. The van der Waals surface area contributed by atoms with Gasteiger partial charge in [0.2, 0.25) is 0 Å². The number of hydrogen-bond acceptors (Lipinski definition) is 2. The van der Waals surface area contributed by atoms with Gasteiger partial charge in [0.25, 0.3) is 0 Å². The zero-order valence-corrected chi connectivity index (χ0v) is 10.5. The molecular weight excluding hydrogens is 251 g/mol. The number of methoxy groups -OCH3 is 1. The smallest absolute Gasteiger partial charge is 0.303 e. The summed E-state index contributed by atoms with van der Waals surface area (Å²) in [6.07, 6.45) is 0.00698. The molecule has 5 heteroatoms. The molecule has 0 saturated heterocycles. The lowest BCUT2D eigenvalue weighted by Crippen LogP contribution is -2.05. The highest BCUT2D eigenvalue weighted by atomic mass is 35.5. The summed E-state index contributed by atoms with van der Waals surface area (Å²) in [7, 11) is 1.49. The van der Waals surface area contributed by atoms with Gasteiger partial charge in [-0.1, -0.05) is 30.1 Å². The second-order valence-electron chi connectivity index (χ2n) is 3.51. The molecule has 0 heterocycles. The molecular formula is C11H12Cl2O3. The first-order chi connectivity index (χ1) is 7.45. The van der Waals surface area contributed by atoms with Crippen molar-refractivity contribution < 1.29 is 14.6 Å². The number of benzene rings is 1. The third kappa shape index (κ3) is 3.03. The minimum atomic E-state index is -0.870. The standard InChI is InChI=1S/C11H12Cl2O3/c1-6(3-10(14)15)8-4-7(12)5-9(13)11(8)16-2/h4-6H,3H2,1-2H3,(H,14,15). The molecule has 0 aromatic heterocycles. The maximum atomic E-state index is 10.6. The van der Waals surface area contributed by atoms with Crippen LogP contribution in [-0.4, -0.2) is 18.2 Å². The third-order valence-electron chi connectivity index (χ3n) is 2.25. The molecule has 0 aliphatic carbocycles. The average Bonchev–Trinajstić information content (AvgIpc) is 2.15. The number of carboxylic acids is 1. The second kappa shape index (κ2) is 5.41. The normalized spacial score (nSPS) is 12.2. The molecule has 1 aromatic carbocycles. The Kier molecular flexibility index (Phi) is 4.44. The lowest BCUT2D eigenvalue weighted by atomic mass is 9.97. The van der Waals surface area contributed by atoms with Crippen LogP contribution >= 0.6 is 23.2 Å². The highest BCUT2D eigenvalue weighted by molar-refractivity contribution is 6.35. The Bertz CT molecular complexity index is 404. The average molecular weight is 263 g/mol. The molecule has 1 unspecified atom stereocenters. The van der Waals surface area contributed by atoms with Crippen molar-refractivity contribution >= 4 is 29.2 Å². The summed E-state index contributed by atoms with van der Waals surface area (Å²) in [6.45, 7) is 1.79. The van der Waals surface area contributed by atoms with E-state index in [9.17, 15) is 4.79 Å². The van der Waals surface area contributed by atoms with Crippen molar-refractivity contribution in [2.75, 3.05) is 7.11 Å². The van der Waals surface area contributed by atoms with Crippen LogP contribution in [0.3, 0.4) is 0 Å². The first kappa shape index (κ1) is 13.1. The summed E-state index contributed by atoms with van der Waals surface area (Å²) in [5, 5.41) is 9.60. The van der Waals surface area contributed by atoms with E-state index in [0.29, 0.717) is 21.4 Å². The van der Waals surface area contributed by atoms with Crippen molar-refractivity contribution in [3.63, 3.8) is 0 Å². The Morgan fingerprint density at radius 2 is 2.12 bits per heavy atom. The summed E-state index contributed by atoms with van der Waals surface area (Å²) in [6, 6.07) is 3.25. The topological polar surface area (TPSA) is 46.5 Å². The van der Waals surface area contributed by atoms with Crippen LogP contribution in [0.25, 0.3) is 0 Å². The molecule has 0 fully saturated rings. The number of halogens is 2. The van der Waals surface area contributed by atoms with E-state index < -0.39 is 5.97 Å². The van der Waals surface area contributed by atoms with Crippen molar-refractivity contribution in [2.45, 2.75) is 19.3 Å². The van der Waals surface area contributed by atoms with E-state index >= 15 is 0 Å². The number of carbonyl (C=O) groups is 1. The van der Waals surface area contributed by atoms with Crippen molar-refractivity contribution in [1.29, 1.82) is 0 Å². The Morgan fingerprint density at radius 3 is 2.62 bits per heavy atom. The zero-order valence-electron chi connectivity index (χ0n) is 8.96. The van der Waals surface area contributed by atoms with E-state index in [2.05, 4.69) is 0 Å². The number of hydrogen-bond donors (Lipinski definition) is 1. The number of rotatable bonds is 4. The van der Waals surface area contributed by atoms with Gasteiger partial charge < -0.3 is 9.84 Å². The summed E-state index contributed by atoms with van der Waals surface area (Å²) in [4.78, 5) is 10.6. The van der Waals surface area contributed by atoms with E-state index in [-0.39, 0.29) is 12.3 Å². The minimum Gasteiger partial charge on any atom is -0.495 e. The summed E-state index contributed by atoms with van der Waals surface area (Å²) >= 11 is 11.8. The largest absolute Gasteiger partial charge is 0.495 e. The number of aliphatic carboxylic acids is 1. The van der Waals surface area contributed by atoms with Crippen LogP contribution in [0.5, 0.6) is 5.75 Å². The van der Waals surface area contributed by atoms with Crippen molar-refractivity contribution in [2.24, 2.45) is 0 Å². The number of ether oxygens (including phenoxy) is 1. The Hall–Kier alpha value is -0.930. The van der Waals surface area contributed by atoms with Crippen LogP contribution in [0.4, 0.5) is 0 Å². The molecule has 0 aliphatic rings. The fourth-order valence-electron chi connectivity index (χ4n) is 1.53. The van der Waals surface area contributed by atoms with Gasteiger partial charge in [-0.3, -0.25) is 4.79 Å². The molecule has 1 rings (SSSR count). The van der Waals surface area contributed by atoms with Gasteiger partial charge in [0, 0.05) is 10.6 Å². The van der Waals surface area contributed by atoms with Gasteiger partial charge in [-0.2, -0.15) is 0 Å². The van der Waals surface area contributed by atoms with Gasteiger partial charge in [0.15, 0.2) is 0 Å². The fourth-order valence-corrected chi connectivity index (χ4v) is 2.12. The van der Waals surface area contributed by atoms with Gasteiger partial charge in [0.05, 0.1) is 18.6 Å². The predicted octanol–water partition coefficient (Wildman–Crippen LogP) is 3.58. The van der Waals surface area contributed by atoms with Crippen LogP contribution in [0.1, 0.15) is 24.8 Å². The SMILES string of the molecule is COc1c(Cl)cc(Cl)cc1C(C)CC(=O)O. The molecule has 1 atom stereocenters. The molecule has 0 bridgehead atoms. The highest BCUT2D eigenvalue weighted by Gasteiger charge is 2.17. The second-order valence-corrected chi connectivity index (χ2v) is 4.35. The van der Waals surface area contributed by atoms with E-state index in [0.717, 1.165) is 0 Å². The summed E-state index contributed by atoms with van der Waals surface area (Å²) in [5.41, 5.74) is 0.711. The monoisotopic (exact) mass is 262 g/mol. The van der Waals surface area contributed by atoms with Crippen molar-refractivity contribution in [3.05, 3.63) is 27.7 Å². The van der Waals surface area contributed by atoms with Crippen LogP contribution in [0, 0.1) is 0 Å². The fraction of sp³-hybridized carbons (Fsp3) is 0.364. The molecule has 1 aromatic rings. The van der Waals surface area contributed by atoms with E-state index in [1.807, 2.05) is 0 Å². The molecule has 1 N–H and O–H groups in total. The molecule has 88 valence electrons. The molecule has 0 aliphatic heterocycles. The Morgan fingerprint density at radius 1 is 1.50 bits per heavy atom. The van der Waals surface area contributed by atoms with Crippen LogP contribution in [-0.2, 0) is 4.79 Å². The summed E-state index contributed by atoms with van der Waals surface area (Å²) in [5.74, 6) is -0.589. The number of carboxylic acid groups (broad SMARTS) is 1. The van der Waals surface area contributed by atoms with Gasteiger partial charge in [0.1, 0.15) is 5.75 Å². The van der Waals surface area contributed by atoms with Gasteiger partial charge in [-0.25, -0.2) is 0 Å². The molecule has 0 spiro atoms. The third-order valence-corrected chi connectivity index (χ3v) is 2.75. The van der Waals surface area contributed by atoms with Crippen LogP contribution in [0.15, 0.2) is 12.1 Å². The molecule has 3 nitrogen and oxygen atoms in total. The first-order valence-corrected chi connectivity index (χ1v) is 5.46.